The van der Waals surface area contributed by atoms with E-state index in [-0.39, 0.29) is 12.6 Å². The fraction of sp³-hybridized carbons (Fsp3) is 0.400. The van der Waals surface area contributed by atoms with E-state index in [9.17, 15) is 4.79 Å². The van der Waals surface area contributed by atoms with Gasteiger partial charge in [-0.25, -0.2) is 4.79 Å². The summed E-state index contributed by atoms with van der Waals surface area (Å²) in [7, 11) is 0. The van der Waals surface area contributed by atoms with Crippen molar-refractivity contribution in [3.63, 3.8) is 0 Å². The summed E-state index contributed by atoms with van der Waals surface area (Å²) in [6, 6.07) is 6.92. The monoisotopic (exact) mass is 338 g/mol. The van der Waals surface area contributed by atoms with E-state index >= 15 is 0 Å². The SMILES string of the molecule is CCN(CCO)C(=O)NCCc1nc(-c2ccc(Cl)cc2)no1. The van der Waals surface area contributed by atoms with Crippen LogP contribution < -0.4 is 5.32 Å². The number of carbonyl (C=O) groups excluding carboxylic acids is 1. The van der Waals surface area contributed by atoms with Crippen LogP contribution in [0.25, 0.3) is 11.4 Å². The Kier molecular flexibility index (Phi) is 6.37. The molecule has 0 aliphatic rings. The van der Waals surface area contributed by atoms with Gasteiger partial charge >= 0.3 is 6.03 Å². The fourth-order valence-electron chi connectivity index (χ4n) is 1.98. The van der Waals surface area contributed by atoms with Crippen LogP contribution in [0.3, 0.4) is 0 Å². The lowest BCUT2D eigenvalue weighted by Crippen LogP contribution is -2.42. The summed E-state index contributed by atoms with van der Waals surface area (Å²) in [5.41, 5.74) is 0.813. The van der Waals surface area contributed by atoms with Gasteiger partial charge in [-0.1, -0.05) is 16.8 Å². The number of carbonyl (C=O) groups is 1. The molecule has 0 saturated heterocycles. The maximum atomic E-state index is 11.8. The van der Waals surface area contributed by atoms with Crippen molar-refractivity contribution in [1.29, 1.82) is 0 Å². The van der Waals surface area contributed by atoms with Gasteiger partial charge in [-0.15, -0.1) is 0 Å². The number of halogens is 1. The summed E-state index contributed by atoms with van der Waals surface area (Å²) < 4.78 is 5.17. The molecule has 0 radical (unpaired) electrons. The van der Waals surface area contributed by atoms with Crippen molar-refractivity contribution >= 4 is 17.6 Å². The van der Waals surface area contributed by atoms with E-state index in [4.69, 9.17) is 21.2 Å². The van der Waals surface area contributed by atoms with Gasteiger partial charge in [-0.3, -0.25) is 0 Å². The number of urea groups is 1. The van der Waals surface area contributed by atoms with E-state index in [0.29, 0.717) is 42.8 Å². The van der Waals surface area contributed by atoms with Crippen LogP contribution in [-0.4, -0.2) is 52.4 Å². The second-order valence-corrected chi connectivity index (χ2v) is 5.24. The predicted octanol–water partition coefficient (Wildman–Crippen LogP) is 1.96. The number of aromatic nitrogens is 2. The molecule has 2 rings (SSSR count). The maximum absolute atomic E-state index is 11.8. The average molecular weight is 339 g/mol. The Balaban J connectivity index is 1.85. The van der Waals surface area contributed by atoms with Gasteiger partial charge in [0, 0.05) is 36.6 Å². The number of nitrogens with one attached hydrogen (secondary N) is 1. The van der Waals surface area contributed by atoms with Gasteiger partial charge in [0.25, 0.3) is 0 Å². The lowest BCUT2D eigenvalue weighted by molar-refractivity contribution is 0.180. The highest BCUT2D eigenvalue weighted by Crippen LogP contribution is 2.18. The quantitative estimate of drug-likeness (QED) is 0.805. The summed E-state index contributed by atoms with van der Waals surface area (Å²) >= 11 is 5.84. The molecule has 1 heterocycles. The number of rotatable bonds is 7. The van der Waals surface area contributed by atoms with Crippen LogP contribution in [0.5, 0.6) is 0 Å². The molecule has 23 heavy (non-hydrogen) atoms. The predicted molar refractivity (Wildman–Crippen MR) is 86.2 cm³/mol. The van der Waals surface area contributed by atoms with Crippen LogP contribution >= 0.6 is 11.6 Å². The van der Waals surface area contributed by atoms with Crippen molar-refractivity contribution in [1.82, 2.24) is 20.4 Å². The molecule has 0 fully saturated rings. The molecule has 1 aromatic heterocycles. The number of benzene rings is 1. The van der Waals surface area contributed by atoms with Crippen molar-refractivity contribution < 1.29 is 14.4 Å². The van der Waals surface area contributed by atoms with Crippen molar-refractivity contribution in [3.05, 3.63) is 35.2 Å². The molecule has 1 aromatic carbocycles. The Labute approximate surface area is 139 Å². The van der Waals surface area contributed by atoms with Gasteiger partial charge < -0.3 is 19.8 Å². The maximum Gasteiger partial charge on any atom is 0.317 e. The molecule has 0 aliphatic carbocycles. The molecule has 0 spiro atoms. The van der Waals surface area contributed by atoms with Gasteiger partial charge in [0.2, 0.25) is 11.7 Å². The van der Waals surface area contributed by atoms with Gasteiger partial charge in [-0.2, -0.15) is 4.98 Å². The molecule has 7 nitrogen and oxygen atoms in total. The fourth-order valence-corrected chi connectivity index (χ4v) is 2.11. The van der Waals surface area contributed by atoms with E-state index in [1.165, 1.54) is 4.90 Å². The number of likely N-dealkylation sites (N-methyl/N-ethyl adjacent to an activating group) is 1. The van der Waals surface area contributed by atoms with Gasteiger partial charge in [0.1, 0.15) is 0 Å². The van der Waals surface area contributed by atoms with Crippen LogP contribution in [0.2, 0.25) is 5.02 Å². The van der Waals surface area contributed by atoms with Crippen LogP contribution in [0.1, 0.15) is 12.8 Å². The Bertz CT molecular complexity index is 630. The minimum Gasteiger partial charge on any atom is -0.395 e. The molecular formula is C15H19ClN4O3. The largest absolute Gasteiger partial charge is 0.395 e. The van der Waals surface area contributed by atoms with E-state index in [2.05, 4.69) is 15.5 Å². The molecular weight excluding hydrogens is 320 g/mol. The van der Waals surface area contributed by atoms with Gasteiger partial charge in [0.05, 0.1) is 6.61 Å². The number of aliphatic hydroxyl groups is 1. The highest BCUT2D eigenvalue weighted by Gasteiger charge is 2.12. The third-order valence-electron chi connectivity index (χ3n) is 3.22. The summed E-state index contributed by atoms with van der Waals surface area (Å²) in [5.74, 6) is 0.930. The minimum absolute atomic E-state index is 0.0601. The zero-order chi connectivity index (χ0) is 16.7. The molecule has 0 unspecified atom stereocenters. The molecule has 0 atom stereocenters. The summed E-state index contributed by atoms with van der Waals surface area (Å²) in [6.07, 6.45) is 0.434. The second-order valence-electron chi connectivity index (χ2n) is 4.80. The zero-order valence-corrected chi connectivity index (χ0v) is 13.6. The third kappa shape index (κ3) is 4.94. The third-order valence-corrected chi connectivity index (χ3v) is 3.48. The zero-order valence-electron chi connectivity index (χ0n) is 12.8. The van der Waals surface area contributed by atoms with E-state index in [0.717, 1.165) is 5.56 Å². The first-order valence-corrected chi connectivity index (χ1v) is 7.74. The summed E-state index contributed by atoms with van der Waals surface area (Å²) in [6.45, 7) is 3.02. The van der Waals surface area contributed by atoms with Crippen molar-refractivity contribution in [2.45, 2.75) is 13.3 Å². The Hall–Kier alpha value is -2.12. The Morgan fingerprint density at radius 2 is 2.13 bits per heavy atom. The lowest BCUT2D eigenvalue weighted by atomic mass is 10.2. The lowest BCUT2D eigenvalue weighted by Gasteiger charge is -2.19. The Morgan fingerprint density at radius 1 is 1.39 bits per heavy atom. The summed E-state index contributed by atoms with van der Waals surface area (Å²) in [5, 5.41) is 16.2. The number of nitrogens with zero attached hydrogens (tertiary/aromatic N) is 3. The van der Waals surface area contributed by atoms with Crippen molar-refractivity contribution in [2.75, 3.05) is 26.2 Å². The highest BCUT2D eigenvalue weighted by molar-refractivity contribution is 6.30. The highest BCUT2D eigenvalue weighted by atomic mass is 35.5. The molecule has 0 bridgehead atoms. The van der Waals surface area contributed by atoms with Crippen molar-refractivity contribution in [2.24, 2.45) is 0 Å². The van der Waals surface area contributed by atoms with E-state index in [1.54, 1.807) is 12.1 Å². The second kappa shape index (κ2) is 8.50. The first-order valence-electron chi connectivity index (χ1n) is 7.36. The molecule has 0 saturated carbocycles. The van der Waals surface area contributed by atoms with Crippen molar-refractivity contribution in [3.8, 4) is 11.4 Å². The number of hydrogen-bond donors (Lipinski definition) is 2. The smallest absolute Gasteiger partial charge is 0.317 e. The van der Waals surface area contributed by atoms with E-state index in [1.807, 2.05) is 19.1 Å². The number of amides is 2. The average Bonchev–Trinajstić information content (AvgIpc) is 3.02. The molecule has 2 amide bonds. The molecule has 2 N–H and O–H groups in total. The first kappa shape index (κ1) is 17.2. The minimum atomic E-state index is -0.223. The molecule has 0 aliphatic heterocycles. The van der Waals surface area contributed by atoms with Crippen LogP contribution in [0.4, 0.5) is 4.79 Å². The number of aliphatic hydroxyl groups excluding tert-OH is 1. The molecule has 8 heteroatoms. The van der Waals surface area contributed by atoms with Crippen LogP contribution in [0, 0.1) is 0 Å². The first-order chi connectivity index (χ1) is 11.1. The van der Waals surface area contributed by atoms with Gasteiger partial charge in [0.15, 0.2) is 0 Å². The van der Waals surface area contributed by atoms with E-state index < -0.39 is 0 Å². The number of hydrogen-bond acceptors (Lipinski definition) is 5. The van der Waals surface area contributed by atoms with Crippen LogP contribution in [-0.2, 0) is 6.42 Å². The topological polar surface area (TPSA) is 91.5 Å². The normalized spacial score (nSPS) is 10.6. The van der Waals surface area contributed by atoms with Crippen LogP contribution in [0.15, 0.2) is 28.8 Å². The van der Waals surface area contributed by atoms with Gasteiger partial charge in [-0.05, 0) is 31.2 Å². The standard InChI is InChI=1S/C15H19ClN4O3/c1-2-20(9-10-21)15(22)17-8-7-13-18-14(19-23-13)11-3-5-12(16)6-4-11/h3-6,21H,2,7-10H2,1H3,(H,17,22). The molecule has 2 aromatic rings. The Morgan fingerprint density at radius 3 is 2.78 bits per heavy atom. The summed E-state index contributed by atoms with van der Waals surface area (Å²) in [4.78, 5) is 17.6. The molecule has 124 valence electrons.